The number of benzene rings is 4. The van der Waals surface area contributed by atoms with Crippen LogP contribution in [-0.4, -0.2) is 75.5 Å². The SMILES string of the molecule is C=Cc1ccc(C(=O)OCCOC(=O)c2cc(C(=O)OCCOC(=O)c3ccc(C=C)cc3)cc(C(=O)OCCOC(=O)c3ccc(C=C)cc3)c2)cc1. The quantitative estimate of drug-likeness (QED) is 0.0610. The van der Waals surface area contributed by atoms with Crippen LogP contribution in [0.15, 0.2) is 111 Å². The van der Waals surface area contributed by atoms with Gasteiger partial charge >= 0.3 is 35.8 Å². The lowest BCUT2D eigenvalue weighted by Gasteiger charge is -2.11. The van der Waals surface area contributed by atoms with E-state index in [-0.39, 0.29) is 73.0 Å². The molecule has 0 atom stereocenters. The topological polar surface area (TPSA) is 158 Å². The van der Waals surface area contributed by atoms with E-state index >= 15 is 0 Å². The summed E-state index contributed by atoms with van der Waals surface area (Å²) >= 11 is 0. The Morgan fingerprint density at radius 2 is 0.519 bits per heavy atom. The normalized spacial score (nSPS) is 10.2. The lowest BCUT2D eigenvalue weighted by molar-refractivity contribution is 0.0254. The van der Waals surface area contributed by atoms with Gasteiger partial charge in [-0.15, -0.1) is 0 Å². The van der Waals surface area contributed by atoms with Crippen molar-refractivity contribution in [3.05, 3.63) is 161 Å². The molecule has 12 nitrogen and oxygen atoms in total. The van der Waals surface area contributed by atoms with Gasteiger partial charge in [0.05, 0.1) is 33.4 Å². The zero-order valence-electron chi connectivity index (χ0n) is 29.2. The molecule has 0 aliphatic heterocycles. The van der Waals surface area contributed by atoms with Crippen LogP contribution in [0.25, 0.3) is 18.2 Å². The van der Waals surface area contributed by atoms with Crippen LogP contribution in [0.2, 0.25) is 0 Å². The van der Waals surface area contributed by atoms with Crippen LogP contribution in [-0.2, 0) is 28.4 Å². The van der Waals surface area contributed by atoms with Crippen LogP contribution in [0, 0.1) is 0 Å². The Balaban J connectivity index is 1.36. The summed E-state index contributed by atoms with van der Waals surface area (Å²) in [7, 11) is 0. The van der Waals surface area contributed by atoms with E-state index in [9.17, 15) is 28.8 Å². The van der Waals surface area contributed by atoms with Crippen molar-refractivity contribution < 1.29 is 57.2 Å². The molecule has 4 aromatic carbocycles. The summed E-state index contributed by atoms with van der Waals surface area (Å²) in [6, 6.07) is 23.0. The van der Waals surface area contributed by atoms with Crippen LogP contribution >= 0.6 is 0 Å². The first kappa shape index (κ1) is 39.7. The predicted molar refractivity (Wildman–Crippen MR) is 198 cm³/mol. The summed E-state index contributed by atoms with van der Waals surface area (Å²) in [5.74, 6) is -4.74. The molecule has 0 heterocycles. The summed E-state index contributed by atoms with van der Waals surface area (Å²) in [5, 5.41) is 0. The Kier molecular flexibility index (Phi) is 14.8. The number of esters is 6. The van der Waals surface area contributed by atoms with Gasteiger partial charge in [0.2, 0.25) is 0 Å². The largest absolute Gasteiger partial charge is 0.458 e. The molecular formula is C42H36O12. The van der Waals surface area contributed by atoms with Gasteiger partial charge in [-0.05, 0) is 71.3 Å². The molecule has 0 unspecified atom stereocenters. The molecule has 4 aromatic rings. The van der Waals surface area contributed by atoms with E-state index < -0.39 is 35.8 Å². The third kappa shape index (κ3) is 11.7. The lowest BCUT2D eigenvalue weighted by Crippen LogP contribution is -2.18. The lowest BCUT2D eigenvalue weighted by atomic mass is 10.1. The number of carbonyl (C=O) groups is 6. The molecule has 12 heteroatoms. The van der Waals surface area contributed by atoms with E-state index in [1.54, 1.807) is 91.0 Å². The summed E-state index contributed by atoms with van der Waals surface area (Å²) in [5.41, 5.74) is 2.67. The van der Waals surface area contributed by atoms with Crippen LogP contribution in [0.3, 0.4) is 0 Å². The highest BCUT2D eigenvalue weighted by atomic mass is 16.6. The highest BCUT2D eigenvalue weighted by Gasteiger charge is 2.20. The maximum Gasteiger partial charge on any atom is 0.338 e. The van der Waals surface area contributed by atoms with Crippen molar-refractivity contribution in [1.29, 1.82) is 0 Å². The smallest absolute Gasteiger partial charge is 0.338 e. The highest BCUT2D eigenvalue weighted by Crippen LogP contribution is 2.16. The zero-order valence-corrected chi connectivity index (χ0v) is 29.2. The molecule has 0 aliphatic carbocycles. The van der Waals surface area contributed by atoms with Gasteiger partial charge in [-0.2, -0.15) is 0 Å². The van der Waals surface area contributed by atoms with E-state index in [4.69, 9.17) is 28.4 Å². The number of hydrogen-bond acceptors (Lipinski definition) is 12. The number of hydrogen-bond donors (Lipinski definition) is 0. The second kappa shape index (κ2) is 20.1. The molecule has 0 saturated carbocycles. The van der Waals surface area contributed by atoms with Gasteiger partial charge < -0.3 is 28.4 Å². The Morgan fingerprint density at radius 3 is 0.704 bits per heavy atom. The first-order valence-corrected chi connectivity index (χ1v) is 16.5. The highest BCUT2D eigenvalue weighted by molar-refractivity contribution is 6.00. The predicted octanol–water partition coefficient (Wildman–Crippen LogP) is 6.66. The summed E-state index contributed by atoms with van der Waals surface area (Å²) in [6.45, 7) is 9.11. The second-order valence-corrected chi connectivity index (χ2v) is 11.1. The molecule has 0 aliphatic rings. The van der Waals surface area contributed by atoms with Gasteiger partial charge in [0.15, 0.2) is 0 Å². The molecular weight excluding hydrogens is 696 g/mol. The molecule has 0 fully saturated rings. The molecule has 0 amide bonds. The third-order valence-corrected chi connectivity index (χ3v) is 7.44. The van der Waals surface area contributed by atoms with Crippen molar-refractivity contribution in [2.45, 2.75) is 0 Å². The average Bonchev–Trinajstić information content (AvgIpc) is 3.21. The molecule has 4 rings (SSSR count). The van der Waals surface area contributed by atoms with Crippen LogP contribution in [0.1, 0.15) is 78.8 Å². The van der Waals surface area contributed by atoms with E-state index in [2.05, 4.69) is 19.7 Å². The molecule has 0 radical (unpaired) electrons. The van der Waals surface area contributed by atoms with Crippen molar-refractivity contribution in [1.82, 2.24) is 0 Å². The minimum atomic E-state index is -0.946. The molecule has 0 saturated heterocycles. The van der Waals surface area contributed by atoms with Gasteiger partial charge in [-0.3, -0.25) is 0 Å². The number of ether oxygens (including phenoxy) is 6. The van der Waals surface area contributed by atoms with Gasteiger partial charge in [-0.25, -0.2) is 28.8 Å². The van der Waals surface area contributed by atoms with Crippen molar-refractivity contribution in [3.8, 4) is 0 Å². The molecule has 0 N–H and O–H groups in total. The minimum absolute atomic E-state index is 0.216. The Bertz CT molecular complexity index is 1770. The van der Waals surface area contributed by atoms with Crippen LogP contribution in [0.4, 0.5) is 0 Å². The van der Waals surface area contributed by atoms with Crippen molar-refractivity contribution in [2.24, 2.45) is 0 Å². The van der Waals surface area contributed by atoms with E-state index in [0.717, 1.165) is 34.9 Å². The molecule has 54 heavy (non-hydrogen) atoms. The Morgan fingerprint density at radius 1 is 0.333 bits per heavy atom. The van der Waals surface area contributed by atoms with Gasteiger partial charge in [0.25, 0.3) is 0 Å². The molecule has 276 valence electrons. The molecule has 0 aromatic heterocycles. The summed E-state index contributed by atoms with van der Waals surface area (Å²) < 4.78 is 31.2. The van der Waals surface area contributed by atoms with Crippen LogP contribution in [0.5, 0.6) is 0 Å². The maximum atomic E-state index is 13.0. The van der Waals surface area contributed by atoms with Gasteiger partial charge in [-0.1, -0.05) is 74.4 Å². The Labute approximate surface area is 311 Å². The van der Waals surface area contributed by atoms with Crippen molar-refractivity contribution in [2.75, 3.05) is 39.6 Å². The molecule has 0 spiro atoms. The fraction of sp³-hybridized carbons (Fsp3) is 0.143. The second-order valence-electron chi connectivity index (χ2n) is 11.1. The van der Waals surface area contributed by atoms with E-state index in [1.165, 1.54) is 0 Å². The fourth-order valence-corrected chi connectivity index (χ4v) is 4.55. The summed E-state index contributed by atoms with van der Waals surface area (Å²) in [6.07, 6.45) is 4.88. The van der Waals surface area contributed by atoms with E-state index in [0.29, 0.717) is 0 Å². The van der Waals surface area contributed by atoms with Crippen molar-refractivity contribution >= 4 is 54.0 Å². The average molecular weight is 733 g/mol. The summed E-state index contributed by atoms with van der Waals surface area (Å²) in [4.78, 5) is 76.0. The van der Waals surface area contributed by atoms with Crippen LogP contribution < -0.4 is 0 Å². The Hall–Kier alpha value is -7.08. The monoisotopic (exact) mass is 732 g/mol. The minimum Gasteiger partial charge on any atom is -0.458 e. The van der Waals surface area contributed by atoms with E-state index in [1.807, 2.05) is 0 Å². The standard InChI is InChI=1S/C42H36O12/c1-4-28-7-13-31(14-8-28)37(43)49-19-22-52-40(46)34-25-35(41(47)53-23-20-50-38(44)32-15-9-29(5-2)10-16-32)27-36(26-34)42(48)54-24-21-51-39(45)33-17-11-30(6-3)12-18-33/h4-18,25-27H,1-3,19-24H2. The van der Waals surface area contributed by atoms with Crippen molar-refractivity contribution in [3.63, 3.8) is 0 Å². The first-order valence-electron chi connectivity index (χ1n) is 16.5. The van der Waals surface area contributed by atoms with Gasteiger partial charge in [0, 0.05) is 0 Å². The third-order valence-electron chi connectivity index (χ3n) is 7.44. The van der Waals surface area contributed by atoms with Gasteiger partial charge in [0.1, 0.15) is 39.6 Å². The first-order chi connectivity index (χ1) is 26.1. The molecule has 0 bridgehead atoms. The number of carbonyl (C=O) groups excluding carboxylic acids is 6. The zero-order chi connectivity index (χ0) is 38.9. The fourth-order valence-electron chi connectivity index (χ4n) is 4.55. The number of rotatable bonds is 18. The maximum absolute atomic E-state index is 13.0.